The van der Waals surface area contributed by atoms with Crippen LogP contribution in [0, 0.1) is 11.6 Å². The summed E-state index contributed by atoms with van der Waals surface area (Å²) >= 11 is 0. The van der Waals surface area contributed by atoms with Gasteiger partial charge in [0.25, 0.3) is 5.91 Å². The maximum absolute atomic E-state index is 13.2. The summed E-state index contributed by atoms with van der Waals surface area (Å²) in [6, 6.07) is 1.84. The van der Waals surface area contributed by atoms with E-state index in [4.69, 9.17) is 0 Å². The average molecular weight is 227 g/mol. The Kier molecular flexibility index (Phi) is 3.71. The first-order valence-corrected chi connectivity index (χ1v) is 4.68. The van der Waals surface area contributed by atoms with E-state index in [1.165, 1.54) is 13.8 Å². The van der Waals surface area contributed by atoms with Gasteiger partial charge in [0.2, 0.25) is 0 Å². The highest BCUT2D eigenvalue weighted by atomic mass is 19.1. The Balaban J connectivity index is 2.88. The molecule has 0 heterocycles. The summed E-state index contributed by atoms with van der Waals surface area (Å²) in [7, 11) is 0. The normalized spacial score (nSPS) is 12.0. The van der Waals surface area contributed by atoms with Gasteiger partial charge in [-0.25, -0.2) is 8.78 Å². The summed E-state index contributed by atoms with van der Waals surface area (Å²) < 4.78 is 25.9. The summed E-state index contributed by atoms with van der Waals surface area (Å²) in [5.41, 5.74) is -0.409. The Hall–Kier alpha value is -1.78. The van der Waals surface area contributed by atoms with Gasteiger partial charge in [-0.2, -0.15) is 0 Å². The number of ketones is 1. The molecule has 86 valence electrons. The number of halogens is 2. The molecule has 1 unspecified atom stereocenters. The van der Waals surface area contributed by atoms with Crippen LogP contribution in [0.25, 0.3) is 0 Å². The van der Waals surface area contributed by atoms with E-state index in [0.717, 1.165) is 18.2 Å². The van der Waals surface area contributed by atoms with Crippen molar-refractivity contribution in [1.82, 2.24) is 5.32 Å². The van der Waals surface area contributed by atoms with E-state index in [1.807, 2.05) is 0 Å². The highest BCUT2D eigenvalue weighted by Crippen LogP contribution is 2.09. The van der Waals surface area contributed by atoms with Crippen molar-refractivity contribution in [2.24, 2.45) is 0 Å². The number of hydrogen-bond donors (Lipinski definition) is 1. The zero-order valence-electron chi connectivity index (χ0n) is 8.88. The van der Waals surface area contributed by atoms with Crippen molar-refractivity contribution >= 4 is 11.7 Å². The van der Waals surface area contributed by atoms with E-state index in [1.54, 1.807) is 0 Å². The number of carbonyl (C=O) groups excluding carboxylic acids is 2. The van der Waals surface area contributed by atoms with Gasteiger partial charge in [0.15, 0.2) is 5.78 Å². The van der Waals surface area contributed by atoms with Crippen molar-refractivity contribution in [2.75, 3.05) is 0 Å². The lowest BCUT2D eigenvalue weighted by atomic mass is 10.1. The first kappa shape index (κ1) is 12.3. The number of hydrogen-bond acceptors (Lipinski definition) is 2. The van der Waals surface area contributed by atoms with Crippen molar-refractivity contribution in [3.05, 3.63) is 35.4 Å². The van der Waals surface area contributed by atoms with Gasteiger partial charge < -0.3 is 5.32 Å². The second kappa shape index (κ2) is 4.83. The van der Waals surface area contributed by atoms with Crippen LogP contribution >= 0.6 is 0 Å². The summed E-state index contributed by atoms with van der Waals surface area (Å²) in [4.78, 5) is 22.3. The van der Waals surface area contributed by atoms with Crippen LogP contribution in [0.1, 0.15) is 24.2 Å². The van der Waals surface area contributed by atoms with Crippen LogP contribution in [-0.2, 0) is 4.79 Å². The van der Waals surface area contributed by atoms with Gasteiger partial charge >= 0.3 is 0 Å². The van der Waals surface area contributed by atoms with Crippen LogP contribution in [0.4, 0.5) is 8.78 Å². The van der Waals surface area contributed by atoms with E-state index < -0.39 is 29.1 Å². The number of rotatable bonds is 3. The van der Waals surface area contributed by atoms with Crippen LogP contribution in [-0.4, -0.2) is 17.7 Å². The lowest BCUT2D eigenvalue weighted by Gasteiger charge is -2.10. The second-order valence-electron chi connectivity index (χ2n) is 3.43. The molecular formula is C11H11F2NO2. The molecule has 1 aromatic carbocycles. The minimum Gasteiger partial charge on any atom is -0.342 e. The molecule has 1 aromatic rings. The van der Waals surface area contributed by atoms with Gasteiger partial charge in [0.1, 0.15) is 11.6 Å². The third kappa shape index (κ3) is 2.85. The molecule has 0 radical (unpaired) electrons. The van der Waals surface area contributed by atoms with Gasteiger partial charge in [-0.05, 0) is 32.0 Å². The fourth-order valence-corrected chi connectivity index (χ4v) is 1.05. The third-order valence-electron chi connectivity index (χ3n) is 2.13. The number of amides is 1. The quantitative estimate of drug-likeness (QED) is 0.853. The molecule has 0 aliphatic carbocycles. The topological polar surface area (TPSA) is 46.2 Å². The minimum atomic E-state index is -0.824. The van der Waals surface area contributed by atoms with Crippen LogP contribution in [0.2, 0.25) is 0 Å². The smallest absolute Gasteiger partial charge is 0.254 e. The molecule has 0 aliphatic heterocycles. The molecular weight excluding hydrogens is 216 g/mol. The van der Waals surface area contributed by atoms with Crippen molar-refractivity contribution in [2.45, 2.75) is 19.9 Å². The first-order chi connectivity index (χ1) is 7.41. The Morgan fingerprint density at radius 2 is 1.94 bits per heavy atom. The molecule has 1 atom stereocenters. The maximum atomic E-state index is 13.2. The van der Waals surface area contributed by atoms with Crippen LogP contribution in [0.3, 0.4) is 0 Å². The molecule has 0 aliphatic rings. The summed E-state index contributed by atoms with van der Waals surface area (Å²) in [6.07, 6.45) is 0. The molecule has 5 heteroatoms. The summed E-state index contributed by atoms with van der Waals surface area (Å²) in [6.45, 7) is 2.77. The summed E-state index contributed by atoms with van der Waals surface area (Å²) in [5, 5.41) is 2.27. The van der Waals surface area contributed by atoms with E-state index in [9.17, 15) is 18.4 Å². The molecule has 0 spiro atoms. The van der Waals surface area contributed by atoms with Crippen molar-refractivity contribution in [3.8, 4) is 0 Å². The predicted molar refractivity (Wildman–Crippen MR) is 54.0 cm³/mol. The molecule has 3 nitrogen and oxygen atoms in total. The van der Waals surface area contributed by atoms with Gasteiger partial charge in [-0.1, -0.05) is 0 Å². The number of nitrogens with one attached hydrogen (secondary N) is 1. The van der Waals surface area contributed by atoms with E-state index >= 15 is 0 Å². The Morgan fingerprint density at radius 3 is 2.50 bits per heavy atom. The highest BCUT2D eigenvalue weighted by Gasteiger charge is 2.16. The molecule has 1 amide bonds. The SMILES string of the molecule is CC(=O)C(C)NC(=O)c1cc(F)ccc1F. The fourth-order valence-electron chi connectivity index (χ4n) is 1.05. The molecule has 0 saturated carbocycles. The number of carbonyl (C=O) groups is 2. The van der Waals surface area contributed by atoms with E-state index in [-0.39, 0.29) is 5.78 Å². The fraction of sp³-hybridized carbons (Fsp3) is 0.273. The van der Waals surface area contributed by atoms with E-state index in [0.29, 0.717) is 0 Å². The van der Waals surface area contributed by atoms with Crippen LogP contribution in [0.15, 0.2) is 18.2 Å². The zero-order chi connectivity index (χ0) is 12.3. The van der Waals surface area contributed by atoms with E-state index in [2.05, 4.69) is 5.32 Å². The molecule has 0 aromatic heterocycles. The molecule has 16 heavy (non-hydrogen) atoms. The monoisotopic (exact) mass is 227 g/mol. The van der Waals surface area contributed by atoms with Gasteiger partial charge in [-0.15, -0.1) is 0 Å². The van der Waals surface area contributed by atoms with Crippen molar-refractivity contribution in [1.29, 1.82) is 0 Å². The van der Waals surface area contributed by atoms with Crippen molar-refractivity contribution in [3.63, 3.8) is 0 Å². The number of benzene rings is 1. The Labute approximate surface area is 91.5 Å². The molecule has 1 N–H and O–H groups in total. The van der Waals surface area contributed by atoms with Crippen LogP contribution in [0.5, 0.6) is 0 Å². The molecule has 0 bridgehead atoms. The molecule has 1 rings (SSSR count). The molecule has 0 saturated heterocycles. The van der Waals surface area contributed by atoms with Crippen molar-refractivity contribution < 1.29 is 18.4 Å². The third-order valence-corrected chi connectivity index (χ3v) is 2.13. The lowest BCUT2D eigenvalue weighted by Crippen LogP contribution is -2.37. The highest BCUT2D eigenvalue weighted by molar-refractivity contribution is 5.97. The first-order valence-electron chi connectivity index (χ1n) is 4.68. The largest absolute Gasteiger partial charge is 0.342 e. The van der Waals surface area contributed by atoms with Gasteiger partial charge in [0.05, 0.1) is 11.6 Å². The maximum Gasteiger partial charge on any atom is 0.254 e. The minimum absolute atomic E-state index is 0.259. The predicted octanol–water partition coefficient (Wildman–Crippen LogP) is 1.67. The van der Waals surface area contributed by atoms with Gasteiger partial charge in [-0.3, -0.25) is 9.59 Å². The standard InChI is InChI=1S/C11H11F2NO2/c1-6(7(2)15)14-11(16)9-5-8(12)3-4-10(9)13/h3-6H,1-2H3,(H,14,16). The summed E-state index contributed by atoms with van der Waals surface area (Å²) in [5.74, 6) is -2.60. The lowest BCUT2D eigenvalue weighted by molar-refractivity contribution is -0.118. The second-order valence-corrected chi connectivity index (χ2v) is 3.43. The van der Waals surface area contributed by atoms with Crippen LogP contribution < -0.4 is 5.32 Å². The average Bonchev–Trinajstić information content (AvgIpc) is 2.21. The Morgan fingerprint density at radius 1 is 1.31 bits per heavy atom. The van der Waals surface area contributed by atoms with Gasteiger partial charge in [0, 0.05) is 0 Å². The zero-order valence-corrected chi connectivity index (χ0v) is 8.88. The Bertz CT molecular complexity index is 432. The number of Topliss-reactive ketones (excluding diaryl/α,β-unsaturated/α-hetero) is 1. The molecule has 0 fully saturated rings.